The van der Waals surface area contributed by atoms with Crippen molar-refractivity contribution in [2.75, 3.05) is 5.75 Å². The van der Waals surface area contributed by atoms with Gasteiger partial charge in [0.15, 0.2) is 19.7 Å². The predicted molar refractivity (Wildman–Crippen MR) is 116 cm³/mol. The van der Waals surface area contributed by atoms with Crippen LogP contribution in [0.2, 0.25) is 10.0 Å². The van der Waals surface area contributed by atoms with Crippen LogP contribution < -0.4 is 0 Å². The SMILES string of the molecule is Cc1ccc(S(=O)(=O)[C@H](CS(=O)(=O)c2ccc(Cl)c(Cl)c2)c2ccccc2)cc1. The smallest absolute Gasteiger partial charge is 0.186 e. The van der Waals surface area contributed by atoms with Crippen molar-refractivity contribution < 1.29 is 16.8 Å². The van der Waals surface area contributed by atoms with Gasteiger partial charge in [-0.25, -0.2) is 16.8 Å². The Hall–Kier alpha value is -1.86. The molecule has 0 heterocycles. The molecule has 152 valence electrons. The van der Waals surface area contributed by atoms with Gasteiger partial charge < -0.3 is 0 Å². The van der Waals surface area contributed by atoms with Gasteiger partial charge >= 0.3 is 0 Å². The molecule has 8 heteroatoms. The number of sulfone groups is 2. The third-order valence-corrected chi connectivity index (χ3v) is 9.33. The van der Waals surface area contributed by atoms with Gasteiger partial charge in [-0.2, -0.15) is 0 Å². The first-order chi connectivity index (χ1) is 13.6. The van der Waals surface area contributed by atoms with Crippen molar-refractivity contribution in [2.24, 2.45) is 0 Å². The maximum Gasteiger partial charge on any atom is 0.186 e. The fourth-order valence-corrected chi connectivity index (χ4v) is 7.22. The molecule has 3 rings (SSSR count). The number of hydrogen-bond donors (Lipinski definition) is 0. The largest absolute Gasteiger partial charge is 0.224 e. The van der Waals surface area contributed by atoms with E-state index in [1.807, 2.05) is 6.92 Å². The van der Waals surface area contributed by atoms with E-state index in [9.17, 15) is 16.8 Å². The second-order valence-corrected chi connectivity index (χ2v) is 11.6. The molecule has 0 bridgehead atoms. The lowest BCUT2D eigenvalue weighted by Gasteiger charge is -2.19. The Bertz CT molecular complexity index is 1220. The summed E-state index contributed by atoms with van der Waals surface area (Å²) in [6.45, 7) is 1.85. The molecule has 29 heavy (non-hydrogen) atoms. The minimum atomic E-state index is -3.97. The third-order valence-electron chi connectivity index (χ3n) is 4.52. The fraction of sp³-hybridized carbons (Fsp3) is 0.143. The van der Waals surface area contributed by atoms with E-state index in [-0.39, 0.29) is 19.8 Å². The number of rotatable bonds is 6. The lowest BCUT2D eigenvalue weighted by Crippen LogP contribution is -2.23. The lowest BCUT2D eigenvalue weighted by atomic mass is 10.2. The molecule has 0 aromatic heterocycles. The van der Waals surface area contributed by atoms with Crippen LogP contribution in [0.5, 0.6) is 0 Å². The maximum atomic E-state index is 13.4. The van der Waals surface area contributed by atoms with E-state index in [0.717, 1.165) is 5.56 Å². The summed E-state index contributed by atoms with van der Waals surface area (Å²) in [4.78, 5) is -0.00627. The van der Waals surface area contributed by atoms with E-state index < -0.39 is 30.7 Å². The highest BCUT2D eigenvalue weighted by Gasteiger charge is 2.34. The maximum absolute atomic E-state index is 13.4. The zero-order valence-corrected chi connectivity index (χ0v) is 18.6. The molecule has 0 aliphatic heterocycles. The predicted octanol–water partition coefficient (Wildman–Crippen LogP) is 5.29. The quantitative estimate of drug-likeness (QED) is 0.492. The van der Waals surface area contributed by atoms with E-state index in [2.05, 4.69) is 0 Å². The van der Waals surface area contributed by atoms with Gasteiger partial charge in [-0.3, -0.25) is 0 Å². The topological polar surface area (TPSA) is 68.3 Å². The van der Waals surface area contributed by atoms with Gasteiger partial charge in [0.2, 0.25) is 0 Å². The van der Waals surface area contributed by atoms with E-state index in [1.54, 1.807) is 42.5 Å². The van der Waals surface area contributed by atoms with Crippen LogP contribution in [-0.2, 0) is 19.7 Å². The summed E-state index contributed by atoms with van der Waals surface area (Å²) in [6, 6.07) is 18.6. The van der Waals surface area contributed by atoms with Gasteiger partial charge in [-0.15, -0.1) is 0 Å². The first-order valence-corrected chi connectivity index (χ1v) is 12.6. The van der Waals surface area contributed by atoms with Crippen LogP contribution in [0.3, 0.4) is 0 Å². The van der Waals surface area contributed by atoms with Crippen LogP contribution in [0.1, 0.15) is 16.4 Å². The summed E-state index contributed by atoms with van der Waals surface area (Å²) < 4.78 is 52.8. The van der Waals surface area contributed by atoms with Crippen molar-refractivity contribution in [3.05, 3.63) is 94.0 Å². The number of aryl methyl sites for hydroxylation is 1. The molecular formula is C21H18Cl2O4S2. The van der Waals surface area contributed by atoms with Gasteiger partial charge in [0, 0.05) is 0 Å². The Morgan fingerprint density at radius 2 is 1.34 bits per heavy atom. The zero-order chi connectivity index (χ0) is 21.2. The summed E-state index contributed by atoms with van der Waals surface area (Å²) in [5.41, 5.74) is 1.31. The normalized spacial score (nSPS) is 13.2. The average molecular weight is 469 g/mol. The summed E-state index contributed by atoms with van der Waals surface area (Å²) >= 11 is 11.8. The second-order valence-electron chi connectivity index (χ2n) is 6.61. The van der Waals surface area contributed by atoms with Crippen LogP contribution >= 0.6 is 23.2 Å². The Balaban J connectivity index is 2.09. The minimum absolute atomic E-state index is 0.0706. The molecule has 3 aromatic carbocycles. The van der Waals surface area contributed by atoms with Gasteiger partial charge in [-0.1, -0.05) is 71.2 Å². The van der Waals surface area contributed by atoms with Crippen molar-refractivity contribution >= 4 is 42.9 Å². The lowest BCUT2D eigenvalue weighted by molar-refractivity contribution is 0.576. The summed E-state index contributed by atoms with van der Waals surface area (Å²) in [7, 11) is -7.94. The Morgan fingerprint density at radius 1 is 0.759 bits per heavy atom. The Labute approximate surface area is 180 Å². The molecular weight excluding hydrogens is 451 g/mol. The highest BCUT2D eigenvalue weighted by molar-refractivity contribution is 7.95. The number of benzene rings is 3. The van der Waals surface area contributed by atoms with Crippen LogP contribution in [-0.4, -0.2) is 22.6 Å². The summed E-state index contributed by atoms with van der Waals surface area (Å²) in [6.07, 6.45) is 0. The molecule has 0 N–H and O–H groups in total. The highest BCUT2D eigenvalue weighted by atomic mass is 35.5. The second kappa shape index (κ2) is 8.48. The van der Waals surface area contributed by atoms with Crippen molar-refractivity contribution in [3.8, 4) is 0 Å². The van der Waals surface area contributed by atoms with Crippen LogP contribution in [0, 0.1) is 6.92 Å². The monoisotopic (exact) mass is 468 g/mol. The van der Waals surface area contributed by atoms with E-state index in [1.165, 1.54) is 30.3 Å². The van der Waals surface area contributed by atoms with Crippen molar-refractivity contribution in [1.82, 2.24) is 0 Å². The molecule has 0 saturated carbocycles. The zero-order valence-electron chi connectivity index (χ0n) is 15.4. The molecule has 0 radical (unpaired) electrons. The first kappa shape index (κ1) is 21.8. The van der Waals surface area contributed by atoms with Crippen LogP contribution in [0.25, 0.3) is 0 Å². The van der Waals surface area contributed by atoms with Gasteiger partial charge in [-0.05, 0) is 42.8 Å². The van der Waals surface area contributed by atoms with Gasteiger partial charge in [0.1, 0.15) is 5.25 Å². The molecule has 0 fully saturated rings. The molecule has 0 aliphatic carbocycles. The minimum Gasteiger partial charge on any atom is -0.224 e. The summed E-state index contributed by atoms with van der Waals surface area (Å²) in [5, 5.41) is -0.964. The van der Waals surface area contributed by atoms with E-state index >= 15 is 0 Å². The molecule has 3 aromatic rings. The van der Waals surface area contributed by atoms with Crippen molar-refractivity contribution in [1.29, 1.82) is 0 Å². The van der Waals surface area contributed by atoms with Crippen molar-refractivity contribution in [2.45, 2.75) is 22.0 Å². The summed E-state index contributed by atoms with van der Waals surface area (Å²) in [5.74, 6) is -0.620. The molecule has 1 atom stereocenters. The Morgan fingerprint density at radius 3 is 1.93 bits per heavy atom. The molecule has 0 saturated heterocycles. The number of halogens is 2. The highest BCUT2D eigenvalue weighted by Crippen LogP contribution is 2.33. The average Bonchev–Trinajstić information content (AvgIpc) is 2.69. The molecule has 0 amide bonds. The first-order valence-electron chi connectivity index (χ1n) is 8.64. The van der Waals surface area contributed by atoms with E-state index in [0.29, 0.717) is 5.56 Å². The Kier molecular flexibility index (Phi) is 6.39. The molecule has 4 nitrogen and oxygen atoms in total. The van der Waals surface area contributed by atoms with E-state index in [4.69, 9.17) is 23.2 Å². The molecule has 0 unspecified atom stereocenters. The van der Waals surface area contributed by atoms with Gasteiger partial charge in [0.05, 0.1) is 25.6 Å². The standard InChI is InChI=1S/C21H18Cl2O4S2/c1-15-7-9-17(10-8-15)29(26,27)21(16-5-3-2-4-6-16)14-28(24,25)18-11-12-19(22)20(23)13-18/h2-13,21H,14H2,1H3/t21-/m1/s1. The van der Waals surface area contributed by atoms with Crippen LogP contribution in [0.15, 0.2) is 82.6 Å². The van der Waals surface area contributed by atoms with Gasteiger partial charge in [0.25, 0.3) is 0 Å². The van der Waals surface area contributed by atoms with Crippen LogP contribution in [0.4, 0.5) is 0 Å². The van der Waals surface area contributed by atoms with Crippen molar-refractivity contribution in [3.63, 3.8) is 0 Å². The molecule has 0 aliphatic rings. The third kappa shape index (κ3) is 4.83. The molecule has 0 spiro atoms. The fourth-order valence-electron chi connectivity index (χ4n) is 2.89. The number of hydrogen-bond acceptors (Lipinski definition) is 4.